The van der Waals surface area contributed by atoms with Crippen LogP contribution in [0.5, 0.6) is 5.88 Å². The van der Waals surface area contributed by atoms with E-state index in [-0.39, 0.29) is 10.2 Å². The lowest BCUT2D eigenvalue weighted by Gasteiger charge is -2.04. The minimum Gasteiger partial charge on any atom is -0.857 e. The highest BCUT2D eigenvalue weighted by molar-refractivity contribution is 6.41. The van der Waals surface area contributed by atoms with Gasteiger partial charge in [-0.2, -0.15) is 0 Å². The molecule has 9 heavy (non-hydrogen) atoms. The summed E-state index contributed by atoms with van der Waals surface area (Å²) in [6, 6.07) is 0. The largest absolute Gasteiger partial charge is 0.857 e. The fourth-order valence-electron chi connectivity index (χ4n) is 0.334. The lowest BCUT2D eigenvalue weighted by atomic mass is 10.6. The zero-order valence-corrected chi connectivity index (χ0v) is 5.65. The number of rotatable bonds is 0. The van der Waals surface area contributed by atoms with E-state index >= 15 is 0 Å². The SMILES string of the molecule is [O-]c1ncnc(Cl)c1Cl. The molecule has 0 saturated carbocycles. The highest BCUT2D eigenvalue weighted by atomic mass is 35.5. The van der Waals surface area contributed by atoms with E-state index in [1.807, 2.05) is 0 Å². The maximum atomic E-state index is 10.5. The third-order valence-electron chi connectivity index (χ3n) is 0.715. The summed E-state index contributed by atoms with van der Waals surface area (Å²) in [4.78, 5) is 6.72. The molecule has 3 nitrogen and oxygen atoms in total. The van der Waals surface area contributed by atoms with Crippen LogP contribution in [0.25, 0.3) is 0 Å². The Morgan fingerprint density at radius 1 is 1.33 bits per heavy atom. The number of halogens is 2. The number of hydrogen-bond acceptors (Lipinski definition) is 3. The van der Waals surface area contributed by atoms with Crippen LogP contribution in [-0.4, -0.2) is 9.97 Å². The molecule has 0 saturated heterocycles. The Morgan fingerprint density at radius 2 is 2.00 bits per heavy atom. The van der Waals surface area contributed by atoms with Crippen LogP contribution in [0.4, 0.5) is 0 Å². The van der Waals surface area contributed by atoms with E-state index in [9.17, 15) is 5.11 Å². The van der Waals surface area contributed by atoms with Crippen molar-refractivity contribution in [1.82, 2.24) is 9.97 Å². The summed E-state index contributed by atoms with van der Waals surface area (Å²) in [7, 11) is 0. The van der Waals surface area contributed by atoms with Crippen molar-refractivity contribution >= 4 is 23.2 Å². The molecule has 1 heterocycles. The van der Waals surface area contributed by atoms with E-state index < -0.39 is 5.88 Å². The average molecular weight is 164 g/mol. The molecular formula is C4HCl2N2O-. The van der Waals surface area contributed by atoms with Gasteiger partial charge in [-0.3, -0.25) is 4.98 Å². The normalized spacial score (nSPS) is 9.56. The van der Waals surface area contributed by atoms with E-state index in [0.717, 1.165) is 6.33 Å². The van der Waals surface area contributed by atoms with E-state index in [1.165, 1.54) is 0 Å². The summed E-state index contributed by atoms with van der Waals surface area (Å²) >= 11 is 10.6. The third-order valence-corrected chi connectivity index (χ3v) is 1.44. The Bertz CT molecular complexity index is 208. The van der Waals surface area contributed by atoms with Crippen molar-refractivity contribution in [3.8, 4) is 5.88 Å². The average Bonchev–Trinajstić information content (AvgIpc) is 1.83. The summed E-state index contributed by atoms with van der Waals surface area (Å²) in [6.45, 7) is 0. The van der Waals surface area contributed by atoms with Gasteiger partial charge in [-0.05, 0) is 0 Å². The molecule has 0 spiro atoms. The third kappa shape index (κ3) is 1.23. The molecule has 0 aliphatic rings. The molecule has 1 aromatic rings. The number of nitrogens with zero attached hydrogens (tertiary/aromatic N) is 2. The van der Waals surface area contributed by atoms with Crippen LogP contribution in [0.1, 0.15) is 0 Å². The second-order valence-electron chi connectivity index (χ2n) is 1.28. The van der Waals surface area contributed by atoms with Crippen LogP contribution in [0, 0.1) is 0 Å². The first-order chi connectivity index (χ1) is 4.22. The Kier molecular flexibility index (Phi) is 1.73. The predicted molar refractivity (Wildman–Crippen MR) is 31.5 cm³/mol. The zero-order chi connectivity index (χ0) is 6.85. The van der Waals surface area contributed by atoms with Crippen LogP contribution < -0.4 is 5.11 Å². The summed E-state index contributed by atoms with van der Waals surface area (Å²) in [5.74, 6) is -0.545. The molecule has 0 N–H and O–H groups in total. The molecule has 0 atom stereocenters. The number of hydrogen-bond donors (Lipinski definition) is 0. The van der Waals surface area contributed by atoms with Crippen molar-refractivity contribution < 1.29 is 5.11 Å². The van der Waals surface area contributed by atoms with Gasteiger partial charge in [-0.15, -0.1) is 0 Å². The summed E-state index contributed by atoms with van der Waals surface area (Å²) in [5, 5.41) is 10.3. The maximum Gasteiger partial charge on any atom is 0.150 e. The summed E-state index contributed by atoms with van der Waals surface area (Å²) in [6.07, 6.45) is 1.07. The Balaban J connectivity index is 3.25. The minimum absolute atomic E-state index is 0.00309. The second kappa shape index (κ2) is 2.37. The van der Waals surface area contributed by atoms with Gasteiger partial charge in [0.05, 0.1) is 5.02 Å². The molecule has 0 bridgehead atoms. The van der Waals surface area contributed by atoms with E-state index in [1.54, 1.807) is 0 Å². The summed E-state index contributed by atoms with van der Waals surface area (Å²) < 4.78 is 0. The van der Waals surface area contributed by atoms with Crippen LogP contribution >= 0.6 is 23.2 Å². The second-order valence-corrected chi connectivity index (χ2v) is 2.02. The van der Waals surface area contributed by atoms with Crippen LogP contribution in [0.2, 0.25) is 10.2 Å². The predicted octanol–water partition coefficient (Wildman–Crippen LogP) is 0.857. The minimum atomic E-state index is -0.545. The van der Waals surface area contributed by atoms with E-state index in [2.05, 4.69) is 9.97 Å². The van der Waals surface area contributed by atoms with Gasteiger partial charge in [0.15, 0.2) is 0 Å². The first-order valence-electron chi connectivity index (χ1n) is 2.05. The van der Waals surface area contributed by atoms with E-state index in [0.29, 0.717) is 0 Å². The van der Waals surface area contributed by atoms with Crippen molar-refractivity contribution in [2.45, 2.75) is 0 Å². The zero-order valence-electron chi connectivity index (χ0n) is 4.14. The topological polar surface area (TPSA) is 48.8 Å². The smallest absolute Gasteiger partial charge is 0.150 e. The Hall–Kier alpha value is -0.540. The first-order valence-corrected chi connectivity index (χ1v) is 2.80. The van der Waals surface area contributed by atoms with Gasteiger partial charge in [-0.25, -0.2) is 4.98 Å². The van der Waals surface area contributed by atoms with Crippen molar-refractivity contribution in [3.63, 3.8) is 0 Å². The molecule has 0 unspecified atom stereocenters. The molecule has 0 aliphatic carbocycles. The maximum absolute atomic E-state index is 10.5. The molecular weight excluding hydrogens is 163 g/mol. The fraction of sp³-hybridized carbons (Fsp3) is 0. The first kappa shape index (κ1) is 6.58. The van der Waals surface area contributed by atoms with Gasteiger partial charge >= 0.3 is 0 Å². The van der Waals surface area contributed by atoms with Crippen molar-refractivity contribution in [1.29, 1.82) is 0 Å². The van der Waals surface area contributed by atoms with Gasteiger partial charge in [0.2, 0.25) is 0 Å². The monoisotopic (exact) mass is 163 g/mol. The molecule has 0 fully saturated rings. The van der Waals surface area contributed by atoms with Crippen LogP contribution in [0.15, 0.2) is 6.33 Å². The van der Waals surface area contributed by atoms with Crippen LogP contribution in [-0.2, 0) is 0 Å². The lowest BCUT2D eigenvalue weighted by Crippen LogP contribution is -1.95. The molecule has 1 rings (SSSR count). The van der Waals surface area contributed by atoms with Gasteiger partial charge < -0.3 is 5.11 Å². The van der Waals surface area contributed by atoms with Crippen molar-refractivity contribution in [2.75, 3.05) is 0 Å². The molecule has 0 amide bonds. The molecule has 5 heteroatoms. The molecule has 48 valence electrons. The summed E-state index contributed by atoms with van der Waals surface area (Å²) in [5.41, 5.74) is 0. The van der Waals surface area contributed by atoms with Gasteiger partial charge in [-0.1, -0.05) is 23.2 Å². The Morgan fingerprint density at radius 3 is 2.44 bits per heavy atom. The molecule has 0 radical (unpaired) electrons. The molecule has 1 aromatic heterocycles. The highest BCUT2D eigenvalue weighted by Crippen LogP contribution is 2.23. The fourth-order valence-corrected chi connectivity index (χ4v) is 0.556. The molecule has 0 aromatic carbocycles. The molecule has 0 aliphatic heterocycles. The van der Waals surface area contributed by atoms with Gasteiger partial charge in [0.25, 0.3) is 0 Å². The van der Waals surface area contributed by atoms with Crippen molar-refractivity contribution in [3.05, 3.63) is 16.5 Å². The van der Waals surface area contributed by atoms with Crippen molar-refractivity contribution in [2.24, 2.45) is 0 Å². The number of aromatic nitrogens is 2. The lowest BCUT2D eigenvalue weighted by molar-refractivity contribution is -0.274. The van der Waals surface area contributed by atoms with Gasteiger partial charge in [0.1, 0.15) is 11.5 Å². The van der Waals surface area contributed by atoms with E-state index in [4.69, 9.17) is 23.2 Å². The standard InChI is InChI=1S/C4H2Cl2N2O/c5-2-3(6)7-1-8-4(2)9/h1H,(H,7,8,9)/p-1. The van der Waals surface area contributed by atoms with Gasteiger partial charge in [0, 0.05) is 5.88 Å². The Labute approximate surface area is 61.3 Å². The van der Waals surface area contributed by atoms with Crippen LogP contribution in [0.3, 0.4) is 0 Å². The quantitative estimate of drug-likeness (QED) is 0.534. The highest BCUT2D eigenvalue weighted by Gasteiger charge is 1.96.